The molecule has 0 bridgehead atoms. The van der Waals surface area contributed by atoms with Crippen molar-refractivity contribution < 1.29 is 18.3 Å². The van der Waals surface area contributed by atoms with Gasteiger partial charge in [-0.15, -0.1) is 10.2 Å². The van der Waals surface area contributed by atoms with Crippen molar-refractivity contribution in [3.8, 4) is 5.82 Å². The number of aliphatic hydroxyl groups is 1. The summed E-state index contributed by atoms with van der Waals surface area (Å²) in [4.78, 5) is 3.65. The fourth-order valence-corrected chi connectivity index (χ4v) is 2.60. The van der Waals surface area contributed by atoms with Gasteiger partial charge in [0, 0.05) is 38.6 Å². The standard InChI is InChI=1S/C16H18F3N7O/c1-11-5-9-26(24-11)13-4-3-12(22-23-13)20-7-6-15(27,16(17,18)19)14-21-8-10-25(14)2/h3-5,8-10,27H,6-7H2,1-2H3,(H,20,22). The third-order valence-electron chi connectivity index (χ3n) is 4.06. The molecule has 3 aromatic rings. The number of nitrogens with zero attached hydrogens (tertiary/aromatic N) is 6. The molecule has 0 aliphatic heterocycles. The fraction of sp³-hybridized carbons (Fsp3) is 0.375. The average Bonchev–Trinajstić information content (AvgIpc) is 3.23. The van der Waals surface area contributed by atoms with Crippen molar-refractivity contribution in [3.63, 3.8) is 0 Å². The lowest BCUT2D eigenvalue weighted by Crippen LogP contribution is -2.45. The van der Waals surface area contributed by atoms with E-state index >= 15 is 0 Å². The second kappa shape index (κ2) is 6.99. The number of aromatic nitrogens is 6. The van der Waals surface area contributed by atoms with Crippen LogP contribution in [0.25, 0.3) is 5.82 Å². The molecule has 11 heteroatoms. The Morgan fingerprint density at radius 2 is 1.93 bits per heavy atom. The first kappa shape index (κ1) is 18.8. The van der Waals surface area contributed by atoms with E-state index in [1.165, 1.54) is 24.1 Å². The summed E-state index contributed by atoms with van der Waals surface area (Å²) in [7, 11) is 1.40. The van der Waals surface area contributed by atoms with Crippen LogP contribution >= 0.6 is 0 Å². The van der Waals surface area contributed by atoms with E-state index in [2.05, 4.69) is 25.6 Å². The predicted octanol–water partition coefficient (Wildman–Crippen LogP) is 1.96. The molecule has 3 aromatic heterocycles. The number of alkyl halides is 3. The quantitative estimate of drug-likeness (QED) is 0.678. The molecule has 27 heavy (non-hydrogen) atoms. The molecule has 0 aromatic carbocycles. The van der Waals surface area contributed by atoms with Gasteiger partial charge in [-0.1, -0.05) is 0 Å². The molecule has 0 saturated carbocycles. The van der Waals surface area contributed by atoms with Crippen molar-refractivity contribution in [1.29, 1.82) is 0 Å². The zero-order chi connectivity index (χ0) is 19.7. The number of nitrogens with one attached hydrogen (secondary N) is 1. The Balaban J connectivity index is 1.68. The molecule has 0 saturated heterocycles. The molecule has 3 rings (SSSR count). The molecule has 144 valence electrons. The number of anilines is 1. The van der Waals surface area contributed by atoms with Crippen molar-refractivity contribution in [2.45, 2.75) is 25.1 Å². The molecular formula is C16H18F3N7O. The Labute approximate surface area is 152 Å². The lowest BCUT2D eigenvalue weighted by molar-refractivity contribution is -0.271. The lowest BCUT2D eigenvalue weighted by Gasteiger charge is -2.30. The molecule has 0 amide bonds. The van der Waals surface area contributed by atoms with Crippen LogP contribution in [-0.4, -0.2) is 47.4 Å². The molecule has 0 spiro atoms. The Morgan fingerprint density at radius 3 is 2.44 bits per heavy atom. The molecule has 0 radical (unpaired) electrons. The first-order valence-corrected chi connectivity index (χ1v) is 8.08. The van der Waals surface area contributed by atoms with E-state index in [0.717, 1.165) is 10.3 Å². The van der Waals surface area contributed by atoms with E-state index in [4.69, 9.17) is 0 Å². The monoisotopic (exact) mass is 381 g/mol. The van der Waals surface area contributed by atoms with Crippen molar-refractivity contribution in [2.75, 3.05) is 11.9 Å². The Bertz CT molecular complexity index is 903. The van der Waals surface area contributed by atoms with Crippen molar-refractivity contribution in [2.24, 2.45) is 7.05 Å². The van der Waals surface area contributed by atoms with E-state index in [9.17, 15) is 18.3 Å². The van der Waals surface area contributed by atoms with Crippen LogP contribution in [0.3, 0.4) is 0 Å². The maximum absolute atomic E-state index is 13.4. The molecule has 2 N–H and O–H groups in total. The molecule has 0 aliphatic rings. The van der Waals surface area contributed by atoms with E-state index in [0.29, 0.717) is 5.82 Å². The molecule has 0 aliphatic carbocycles. The number of hydrogen-bond donors (Lipinski definition) is 2. The molecule has 1 atom stereocenters. The first-order valence-electron chi connectivity index (χ1n) is 8.08. The summed E-state index contributed by atoms with van der Waals surface area (Å²) in [6.45, 7) is 1.65. The van der Waals surface area contributed by atoms with Crippen LogP contribution in [0.1, 0.15) is 17.9 Å². The SMILES string of the molecule is Cc1ccn(-c2ccc(NCCC(O)(c3nccn3C)C(F)(F)F)nn2)n1. The summed E-state index contributed by atoms with van der Waals surface area (Å²) in [5.74, 6) is 0.299. The Morgan fingerprint density at radius 1 is 1.15 bits per heavy atom. The second-order valence-electron chi connectivity index (χ2n) is 6.08. The highest BCUT2D eigenvalue weighted by molar-refractivity contribution is 5.36. The Hall–Kier alpha value is -2.95. The van der Waals surface area contributed by atoms with Crippen LogP contribution < -0.4 is 5.32 Å². The zero-order valence-electron chi connectivity index (χ0n) is 14.6. The summed E-state index contributed by atoms with van der Waals surface area (Å²) in [5, 5.41) is 25.1. The third kappa shape index (κ3) is 3.77. The smallest absolute Gasteiger partial charge is 0.374 e. The van der Waals surface area contributed by atoms with Gasteiger partial charge in [0.05, 0.1) is 5.69 Å². The van der Waals surface area contributed by atoms with Gasteiger partial charge in [-0.2, -0.15) is 18.3 Å². The maximum atomic E-state index is 13.4. The molecule has 3 heterocycles. The fourth-order valence-electron chi connectivity index (χ4n) is 2.60. The number of imidazole rings is 1. The number of halogens is 3. The van der Waals surface area contributed by atoms with E-state index < -0.39 is 24.0 Å². The van der Waals surface area contributed by atoms with Gasteiger partial charge in [-0.3, -0.25) is 0 Å². The predicted molar refractivity (Wildman–Crippen MR) is 90.2 cm³/mol. The number of aryl methyl sites for hydroxylation is 2. The van der Waals surface area contributed by atoms with E-state index in [-0.39, 0.29) is 12.4 Å². The molecule has 0 fully saturated rings. The highest BCUT2D eigenvalue weighted by Crippen LogP contribution is 2.40. The molecule has 8 nitrogen and oxygen atoms in total. The normalized spacial score (nSPS) is 14.1. The largest absolute Gasteiger partial charge is 0.424 e. The van der Waals surface area contributed by atoms with Crippen molar-refractivity contribution in [1.82, 2.24) is 29.5 Å². The van der Waals surface area contributed by atoms with Crippen LogP contribution in [0.5, 0.6) is 0 Å². The third-order valence-corrected chi connectivity index (χ3v) is 4.06. The van der Waals surface area contributed by atoms with Gasteiger partial charge in [-0.25, -0.2) is 9.67 Å². The minimum absolute atomic E-state index is 0.183. The Kier molecular flexibility index (Phi) is 4.87. The summed E-state index contributed by atoms with van der Waals surface area (Å²) < 4.78 is 43.0. The van der Waals surface area contributed by atoms with Crippen LogP contribution in [0.15, 0.2) is 36.8 Å². The van der Waals surface area contributed by atoms with Gasteiger partial charge in [0.1, 0.15) is 11.6 Å². The highest BCUT2D eigenvalue weighted by Gasteiger charge is 2.57. The highest BCUT2D eigenvalue weighted by atomic mass is 19.4. The molecule has 1 unspecified atom stereocenters. The van der Waals surface area contributed by atoms with Crippen LogP contribution in [0, 0.1) is 6.92 Å². The van der Waals surface area contributed by atoms with Gasteiger partial charge in [0.25, 0.3) is 0 Å². The van der Waals surface area contributed by atoms with Crippen molar-refractivity contribution >= 4 is 5.82 Å². The maximum Gasteiger partial charge on any atom is 0.424 e. The van der Waals surface area contributed by atoms with Gasteiger partial charge in [-0.05, 0) is 25.1 Å². The summed E-state index contributed by atoms with van der Waals surface area (Å²) in [6, 6.07) is 5.02. The summed E-state index contributed by atoms with van der Waals surface area (Å²) in [5.41, 5.74) is -2.25. The average molecular weight is 381 g/mol. The van der Waals surface area contributed by atoms with Gasteiger partial charge >= 0.3 is 6.18 Å². The lowest BCUT2D eigenvalue weighted by atomic mass is 9.97. The van der Waals surface area contributed by atoms with Crippen LogP contribution in [0.2, 0.25) is 0 Å². The van der Waals surface area contributed by atoms with Gasteiger partial charge in [0.2, 0.25) is 5.60 Å². The topological polar surface area (TPSA) is 93.7 Å². The minimum Gasteiger partial charge on any atom is -0.374 e. The van der Waals surface area contributed by atoms with Crippen LogP contribution in [0.4, 0.5) is 19.0 Å². The number of hydrogen-bond acceptors (Lipinski definition) is 6. The summed E-state index contributed by atoms with van der Waals surface area (Å²) >= 11 is 0. The minimum atomic E-state index is -4.87. The summed E-state index contributed by atoms with van der Waals surface area (Å²) in [6.07, 6.45) is -1.23. The number of rotatable bonds is 6. The van der Waals surface area contributed by atoms with E-state index in [1.54, 1.807) is 18.3 Å². The van der Waals surface area contributed by atoms with E-state index in [1.807, 2.05) is 13.0 Å². The second-order valence-corrected chi connectivity index (χ2v) is 6.08. The van der Waals surface area contributed by atoms with Crippen LogP contribution in [-0.2, 0) is 12.6 Å². The first-order chi connectivity index (χ1) is 12.7. The van der Waals surface area contributed by atoms with Gasteiger partial charge < -0.3 is 15.0 Å². The molecular weight excluding hydrogens is 363 g/mol. The van der Waals surface area contributed by atoms with Gasteiger partial charge in [0.15, 0.2) is 5.82 Å². The van der Waals surface area contributed by atoms with Crippen molar-refractivity contribution in [3.05, 3.63) is 48.3 Å². The zero-order valence-corrected chi connectivity index (χ0v) is 14.6.